The van der Waals surface area contributed by atoms with Crippen LogP contribution >= 0.6 is 0 Å². The van der Waals surface area contributed by atoms with Crippen LogP contribution in [0.4, 0.5) is 0 Å². The predicted octanol–water partition coefficient (Wildman–Crippen LogP) is 18.1. The lowest BCUT2D eigenvalue weighted by Crippen LogP contribution is -2.08. The maximum Gasteiger partial charge on any atom is 0.160 e. The minimum atomic E-state index is 0.669. The van der Waals surface area contributed by atoms with Crippen LogP contribution in [0.3, 0.4) is 0 Å². The molecule has 0 bridgehead atoms. The molecule has 0 fully saturated rings. The Hall–Kier alpha value is -10.0. The second kappa shape index (κ2) is 17.3. The van der Waals surface area contributed by atoms with Gasteiger partial charge in [-0.15, -0.1) is 0 Å². The molecule has 0 amide bonds. The molecule has 76 heavy (non-hydrogen) atoms. The van der Waals surface area contributed by atoms with Gasteiger partial charge in [0.15, 0.2) is 5.82 Å². The average molecular weight is 973 g/mol. The van der Waals surface area contributed by atoms with Gasteiger partial charge in [0.25, 0.3) is 0 Å². The van der Waals surface area contributed by atoms with Crippen molar-refractivity contribution >= 4 is 82.4 Å². The summed E-state index contributed by atoms with van der Waals surface area (Å²) in [6.45, 7) is 4.38. The quantitative estimate of drug-likeness (QED) is 0.152. The summed E-state index contributed by atoms with van der Waals surface area (Å²) in [6, 6.07) is 87.5. The summed E-state index contributed by atoms with van der Waals surface area (Å²) in [4.78, 5) is 10.8. The molecular formula is C70H48N6. The minimum Gasteiger partial charge on any atom is -0.311 e. The van der Waals surface area contributed by atoms with Gasteiger partial charge in [-0.2, -0.15) is 0 Å². The molecule has 5 aromatic heterocycles. The molecular weight excluding hydrogens is 925 g/mol. The molecule has 5 heterocycles. The van der Waals surface area contributed by atoms with Gasteiger partial charge in [0.2, 0.25) is 0 Å². The molecule has 0 saturated carbocycles. The van der Waals surface area contributed by atoms with Crippen molar-refractivity contribution in [2.45, 2.75) is 13.8 Å². The molecule has 0 unspecified atom stereocenters. The zero-order chi connectivity index (χ0) is 50.4. The van der Waals surface area contributed by atoms with Crippen molar-refractivity contribution in [1.82, 2.24) is 28.2 Å². The first-order chi connectivity index (χ1) is 37.6. The van der Waals surface area contributed by atoms with Crippen LogP contribution in [0.25, 0.3) is 139 Å². The van der Waals surface area contributed by atoms with E-state index in [4.69, 9.17) is 9.97 Å². The molecule has 0 aliphatic heterocycles. The van der Waals surface area contributed by atoms with E-state index in [2.05, 4.69) is 281 Å². The summed E-state index contributed by atoms with van der Waals surface area (Å²) in [5, 5.41) is 8.47. The third kappa shape index (κ3) is 6.60. The number of benzene rings is 10. The van der Waals surface area contributed by atoms with Crippen LogP contribution in [-0.2, 0) is 0 Å². The van der Waals surface area contributed by atoms with Crippen LogP contribution < -0.4 is 0 Å². The van der Waals surface area contributed by atoms with Crippen molar-refractivity contribution in [2.75, 3.05) is 0 Å². The molecule has 10 aromatic carbocycles. The monoisotopic (exact) mass is 972 g/mol. The lowest BCUT2D eigenvalue weighted by molar-refractivity contribution is 1.02. The third-order valence-electron chi connectivity index (χ3n) is 15.5. The molecule has 0 atom stereocenters. The number of hydrogen-bond donors (Lipinski definition) is 0. The fraction of sp³-hybridized carbons (Fsp3) is 0.0286. The topological polar surface area (TPSA) is 45.5 Å². The highest BCUT2D eigenvalue weighted by molar-refractivity contribution is 6.13. The summed E-state index contributed by atoms with van der Waals surface area (Å²) < 4.78 is 9.80. The summed E-state index contributed by atoms with van der Waals surface area (Å²) in [6.07, 6.45) is 4.44. The molecule has 0 spiro atoms. The van der Waals surface area contributed by atoms with Crippen molar-refractivity contribution in [2.24, 2.45) is 0 Å². The Balaban J connectivity index is 1.04. The van der Waals surface area contributed by atoms with E-state index in [-0.39, 0.29) is 0 Å². The van der Waals surface area contributed by atoms with Crippen LogP contribution in [0.1, 0.15) is 18.2 Å². The number of allylic oxidation sites excluding steroid dienone is 1. The van der Waals surface area contributed by atoms with E-state index < -0.39 is 0 Å². The summed E-state index contributed by atoms with van der Waals surface area (Å²) in [7, 11) is 0. The van der Waals surface area contributed by atoms with Gasteiger partial charge in [-0.05, 0) is 92.7 Å². The number of para-hydroxylation sites is 6. The summed E-state index contributed by atoms with van der Waals surface area (Å²) in [5.41, 5.74) is 19.3. The molecule has 0 aliphatic carbocycles. The Morgan fingerprint density at radius 2 is 0.776 bits per heavy atom. The lowest BCUT2D eigenvalue weighted by Gasteiger charge is -2.21. The first-order valence-electron chi connectivity index (χ1n) is 26.0. The van der Waals surface area contributed by atoms with E-state index in [0.29, 0.717) is 5.82 Å². The Kier molecular flexibility index (Phi) is 9.91. The fourth-order valence-corrected chi connectivity index (χ4v) is 12.2. The van der Waals surface area contributed by atoms with Gasteiger partial charge in [-0.3, -0.25) is 0 Å². The van der Waals surface area contributed by atoms with Crippen LogP contribution in [0.2, 0.25) is 0 Å². The van der Waals surface area contributed by atoms with E-state index in [1.165, 1.54) is 54.4 Å². The van der Waals surface area contributed by atoms with Gasteiger partial charge < -0.3 is 18.3 Å². The highest BCUT2D eigenvalue weighted by atomic mass is 15.1. The number of hydrogen-bond acceptors (Lipinski definition) is 2. The highest BCUT2D eigenvalue weighted by Crippen LogP contribution is 2.44. The SMILES string of the molecule is C/C=C\c1c(C)n(-c2c(-c3cc(-c4ccccc4)nc(-c4ccccc4)n3)cccc2-n2c3ccccc3c3cc(-n4c5ccccc5c5ccccc54)ccc32)c2ccc(-n3c4ccccc4c4ccccc43)cc12. The van der Waals surface area contributed by atoms with E-state index >= 15 is 0 Å². The molecule has 0 N–H and O–H groups in total. The van der Waals surface area contributed by atoms with E-state index in [1.807, 2.05) is 6.07 Å². The van der Waals surface area contributed by atoms with E-state index in [0.717, 1.165) is 84.0 Å². The number of fused-ring (bicyclic) bond motifs is 10. The summed E-state index contributed by atoms with van der Waals surface area (Å²) in [5.74, 6) is 0.669. The van der Waals surface area contributed by atoms with E-state index in [9.17, 15) is 0 Å². The molecule has 6 heteroatoms. The number of nitrogens with zero attached hydrogens (tertiary/aromatic N) is 6. The Morgan fingerprint density at radius 1 is 0.342 bits per heavy atom. The van der Waals surface area contributed by atoms with Gasteiger partial charge >= 0.3 is 0 Å². The summed E-state index contributed by atoms with van der Waals surface area (Å²) >= 11 is 0. The molecule has 358 valence electrons. The van der Waals surface area contributed by atoms with Gasteiger partial charge in [-0.1, -0.05) is 176 Å². The molecule has 6 nitrogen and oxygen atoms in total. The van der Waals surface area contributed by atoms with Crippen molar-refractivity contribution in [3.63, 3.8) is 0 Å². The van der Waals surface area contributed by atoms with Gasteiger partial charge in [0, 0.05) is 77.0 Å². The predicted molar refractivity (Wildman–Crippen MR) is 318 cm³/mol. The maximum absolute atomic E-state index is 5.53. The van der Waals surface area contributed by atoms with Gasteiger partial charge in [0.05, 0.1) is 61.4 Å². The number of rotatable bonds is 8. The zero-order valence-corrected chi connectivity index (χ0v) is 41.9. The fourth-order valence-electron chi connectivity index (χ4n) is 12.2. The largest absolute Gasteiger partial charge is 0.311 e. The molecule has 15 aromatic rings. The van der Waals surface area contributed by atoms with Crippen molar-refractivity contribution in [3.8, 4) is 56.7 Å². The Labute approximate surface area is 438 Å². The van der Waals surface area contributed by atoms with Crippen molar-refractivity contribution in [1.29, 1.82) is 0 Å². The van der Waals surface area contributed by atoms with Crippen LogP contribution in [-0.4, -0.2) is 28.2 Å². The molecule has 0 aliphatic rings. The van der Waals surface area contributed by atoms with Crippen molar-refractivity contribution in [3.05, 3.63) is 260 Å². The number of aromatic nitrogens is 6. The van der Waals surface area contributed by atoms with Crippen LogP contribution in [0.15, 0.2) is 249 Å². The molecule has 0 radical (unpaired) electrons. The normalized spacial score (nSPS) is 12.0. The minimum absolute atomic E-state index is 0.669. The highest BCUT2D eigenvalue weighted by Gasteiger charge is 2.26. The molecule has 15 rings (SSSR count). The smallest absolute Gasteiger partial charge is 0.160 e. The lowest BCUT2D eigenvalue weighted by atomic mass is 10.0. The van der Waals surface area contributed by atoms with Gasteiger partial charge in [0.1, 0.15) is 0 Å². The standard InChI is InChI=1S/C70H48N6/c1-3-21-50-45(2)73(66-40-38-48(42-57(50)66)74-61-32-15-10-26-51(61)52-27-11-16-33-62(52)74)69-56(60-44-59(46-22-6-4-7-23-46)71-70(72-60)47-24-8-5-9-25-47)31-20-37-68(69)76-65-36-19-14-30-55(65)58-43-49(39-41-67(58)76)75-63-34-17-12-28-53(63)54-29-13-18-35-64(54)75/h3-44H,1-2H3/b21-3-. The second-order valence-corrected chi connectivity index (χ2v) is 19.7. The average Bonchev–Trinajstić information content (AvgIpc) is 4.21. The Morgan fingerprint density at radius 3 is 1.32 bits per heavy atom. The van der Waals surface area contributed by atoms with E-state index in [1.54, 1.807) is 0 Å². The molecule has 0 saturated heterocycles. The van der Waals surface area contributed by atoms with Gasteiger partial charge in [-0.25, -0.2) is 9.97 Å². The van der Waals surface area contributed by atoms with Crippen LogP contribution in [0.5, 0.6) is 0 Å². The van der Waals surface area contributed by atoms with Crippen molar-refractivity contribution < 1.29 is 0 Å². The third-order valence-corrected chi connectivity index (χ3v) is 15.5. The zero-order valence-electron chi connectivity index (χ0n) is 41.9. The van der Waals surface area contributed by atoms with Crippen LogP contribution in [0, 0.1) is 6.92 Å². The first-order valence-corrected chi connectivity index (χ1v) is 26.0. The maximum atomic E-state index is 5.53. The Bertz CT molecular complexity index is 4670. The second-order valence-electron chi connectivity index (χ2n) is 19.7. The first kappa shape index (κ1) is 43.5.